The smallest absolute Gasteiger partial charge is 0.407 e. The fourth-order valence-electron chi connectivity index (χ4n) is 4.74. The average molecular weight is 531 g/mol. The van der Waals surface area contributed by atoms with Gasteiger partial charge in [-0.15, -0.1) is 0 Å². The van der Waals surface area contributed by atoms with Crippen LogP contribution >= 0.6 is 0 Å². The molecule has 2 N–H and O–H groups in total. The lowest BCUT2D eigenvalue weighted by atomic mass is 9.93. The minimum atomic E-state index is -0.508. The Labute approximate surface area is 230 Å². The molecule has 7 heteroatoms. The zero-order chi connectivity index (χ0) is 27.8. The molecule has 1 aliphatic rings. The number of alkyl carbamates (subject to hydrolysis) is 1. The van der Waals surface area contributed by atoms with Crippen molar-refractivity contribution in [3.05, 3.63) is 77.9 Å². The van der Waals surface area contributed by atoms with Crippen molar-refractivity contribution in [1.29, 1.82) is 0 Å². The first kappa shape index (κ1) is 28.1. The summed E-state index contributed by atoms with van der Waals surface area (Å²) >= 11 is 0. The second-order valence-electron chi connectivity index (χ2n) is 11.1. The summed E-state index contributed by atoms with van der Waals surface area (Å²) in [7, 11) is 0. The number of Topliss-reactive ketones (excluding diaryl/α,β-unsaturated/α-hetero) is 1. The van der Waals surface area contributed by atoms with Crippen molar-refractivity contribution in [2.45, 2.75) is 77.0 Å². The van der Waals surface area contributed by atoms with Gasteiger partial charge in [-0.3, -0.25) is 9.59 Å². The number of ketones is 1. The minimum Gasteiger partial charge on any atom is -0.490 e. The first-order chi connectivity index (χ1) is 18.7. The number of rotatable bonds is 9. The van der Waals surface area contributed by atoms with E-state index in [1.54, 1.807) is 12.1 Å². The van der Waals surface area contributed by atoms with Crippen molar-refractivity contribution in [2.75, 3.05) is 6.54 Å². The van der Waals surface area contributed by atoms with Crippen LogP contribution in [0.15, 0.2) is 66.7 Å². The van der Waals surface area contributed by atoms with Crippen molar-refractivity contribution < 1.29 is 23.9 Å². The highest BCUT2D eigenvalue weighted by molar-refractivity contribution is 5.99. The van der Waals surface area contributed by atoms with Gasteiger partial charge < -0.3 is 20.1 Å². The van der Waals surface area contributed by atoms with Crippen molar-refractivity contribution >= 4 is 28.6 Å². The quantitative estimate of drug-likeness (QED) is 0.245. The largest absolute Gasteiger partial charge is 0.490 e. The molecule has 7 nitrogen and oxygen atoms in total. The van der Waals surface area contributed by atoms with Gasteiger partial charge in [-0.1, -0.05) is 30.3 Å². The van der Waals surface area contributed by atoms with Crippen LogP contribution in [-0.2, 0) is 4.74 Å². The molecule has 0 aromatic heterocycles. The number of ether oxygens (including phenoxy) is 2. The van der Waals surface area contributed by atoms with Crippen LogP contribution in [-0.4, -0.2) is 42.1 Å². The van der Waals surface area contributed by atoms with Gasteiger partial charge in [0.2, 0.25) is 0 Å². The SMILES string of the molecule is CC(C)(C)OC(=O)NC1CCC(Oc2ccc(C(=O)CCCNC(=O)c3ccc4ccccc4c3)cc2)CC1. The van der Waals surface area contributed by atoms with E-state index in [0.717, 1.165) is 42.2 Å². The Bertz CT molecular complexity index is 1290. The summed E-state index contributed by atoms with van der Waals surface area (Å²) in [6.45, 7) is 5.99. The number of fused-ring (bicyclic) bond motifs is 1. The molecule has 39 heavy (non-hydrogen) atoms. The monoisotopic (exact) mass is 530 g/mol. The predicted octanol–water partition coefficient (Wildman–Crippen LogP) is 6.45. The number of benzene rings is 3. The third-order valence-electron chi connectivity index (χ3n) is 6.75. The van der Waals surface area contributed by atoms with Gasteiger partial charge in [-0.25, -0.2) is 4.79 Å². The molecule has 0 heterocycles. The topological polar surface area (TPSA) is 93.7 Å². The molecule has 4 rings (SSSR count). The van der Waals surface area contributed by atoms with E-state index in [2.05, 4.69) is 10.6 Å². The van der Waals surface area contributed by atoms with E-state index in [1.165, 1.54) is 0 Å². The van der Waals surface area contributed by atoms with Crippen LogP contribution in [0.3, 0.4) is 0 Å². The van der Waals surface area contributed by atoms with Crippen LogP contribution < -0.4 is 15.4 Å². The van der Waals surface area contributed by atoms with Crippen LogP contribution in [0.4, 0.5) is 4.79 Å². The summed E-state index contributed by atoms with van der Waals surface area (Å²) in [6.07, 6.45) is 3.96. The van der Waals surface area contributed by atoms with Crippen LogP contribution in [0, 0.1) is 0 Å². The van der Waals surface area contributed by atoms with Gasteiger partial charge in [0.1, 0.15) is 11.4 Å². The first-order valence-electron chi connectivity index (χ1n) is 13.7. The summed E-state index contributed by atoms with van der Waals surface area (Å²) < 4.78 is 11.5. The second-order valence-corrected chi connectivity index (χ2v) is 11.1. The average Bonchev–Trinajstić information content (AvgIpc) is 2.91. The van der Waals surface area contributed by atoms with Crippen LogP contribution in [0.5, 0.6) is 5.75 Å². The highest BCUT2D eigenvalue weighted by Gasteiger charge is 2.25. The summed E-state index contributed by atoms with van der Waals surface area (Å²) in [6, 6.07) is 20.9. The third-order valence-corrected chi connectivity index (χ3v) is 6.75. The molecule has 1 aliphatic carbocycles. The highest BCUT2D eigenvalue weighted by Crippen LogP contribution is 2.25. The molecular formula is C32H38N2O5. The van der Waals surface area contributed by atoms with E-state index in [0.29, 0.717) is 30.5 Å². The number of nitrogens with one attached hydrogen (secondary N) is 2. The molecule has 0 aliphatic heterocycles. The Kier molecular flexibility index (Phi) is 9.23. The second kappa shape index (κ2) is 12.8. The van der Waals surface area contributed by atoms with E-state index >= 15 is 0 Å². The van der Waals surface area contributed by atoms with Gasteiger partial charge in [-0.2, -0.15) is 0 Å². The number of amides is 2. The summed E-state index contributed by atoms with van der Waals surface area (Å²) in [5, 5.41) is 7.97. The fraction of sp³-hybridized carbons (Fsp3) is 0.406. The third kappa shape index (κ3) is 8.57. The molecule has 0 spiro atoms. The molecule has 0 atom stereocenters. The minimum absolute atomic E-state index is 0.0372. The summed E-state index contributed by atoms with van der Waals surface area (Å²) in [4.78, 5) is 37.1. The molecule has 3 aromatic carbocycles. The molecular weight excluding hydrogens is 492 g/mol. The molecule has 0 bridgehead atoms. The normalized spacial score (nSPS) is 17.3. The highest BCUT2D eigenvalue weighted by atomic mass is 16.6. The number of carbonyl (C=O) groups excluding carboxylic acids is 3. The molecule has 0 saturated heterocycles. The Balaban J connectivity index is 1.15. The standard InChI is InChI=1S/C32H38N2O5/c1-32(2,3)39-31(37)34-26-14-18-28(19-15-26)38-27-16-12-23(13-17-27)29(35)9-6-20-33-30(36)25-11-10-22-7-4-5-8-24(22)21-25/h4-5,7-8,10-13,16-17,21,26,28H,6,9,14-15,18-20H2,1-3H3,(H,33,36)(H,34,37). The van der Waals surface area contributed by atoms with E-state index in [9.17, 15) is 14.4 Å². The number of carbonyl (C=O) groups is 3. The Morgan fingerprint density at radius 2 is 1.51 bits per heavy atom. The maximum absolute atomic E-state index is 12.6. The molecule has 0 radical (unpaired) electrons. The van der Waals surface area contributed by atoms with E-state index < -0.39 is 5.60 Å². The van der Waals surface area contributed by atoms with Gasteiger partial charge in [0.25, 0.3) is 5.91 Å². The number of hydrogen-bond acceptors (Lipinski definition) is 5. The molecule has 3 aromatic rings. The zero-order valence-corrected chi connectivity index (χ0v) is 23.0. The molecule has 206 valence electrons. The van der Waals surface area contributed by atoms with Gasteiger partial charge in [0, 0.05) is 30.1 Å². The molecule has 1 saturated carbocycles. The molecule has 1 fully saturated rings. The molecule has 0 unspecified atom stereocenters. The maximum Gasteiger partial charge on any atom is 0.407 e. The van der Waals surface area contributed by atoms with E-state index in [-0.39, 0.29) is 29.9 Å². The fourth-order valence-corrected chi connectivity index (χ4v) is 4.74. The zero-order valence-electron chi connectivity index (χ0n) is 23.0. The van der Waals surface area contributed by atoms with E-state index in [1.807, 2.05) is 75.4 Å². The summed E-state index contributed by atoms with van der Waals surface area (Å²) in [5.41, 5.74) is 0.739. The van der Waals surface area contributed by atoms with Crippen LogP contribution in [0.25, 0.3) is 10.8 Å². The van der Waals surface area contributed by atoms with Gasteiger partial charge in [0.05, 0.1) is 6.10 Å². The predicted molar refractivity (Wildman–Crippen MR) is 152 cm³/mol. The molecule has 2 amide bonds. The lowest BCUT2D eigenvalue weighted by Gasteiger charge is -2.30. The van der Waals surface area contributed by atoms with Crippen molar-refractivity contribution in [3.63, 3.8) is 0 Å². The lowest BCUT2D eigenvalue weighted by molar-refractivity contribution is 0.0470. The van der Waals surface area contributed by atoms with Crippen LogP contribution in [0.1, 0.15) is 80.0 Å². The van der Waals surface area contributed by atoms with E-state index in [4.69, 9.17) is 9.47 Å². The van der Waals surface area contributed by atoms with Crippen molar-refractivity contribution in [1.82, 2.24) is 10.6 Å². The number of hydrogen-bond donors (Lipinski definition) is 2. The first-order valence-corrected chi connectivity index (χ1v) is 13.7. The lowest BCUT2D eigenvalue weighted by Crippen LogP contribution is -2.42. The Hall–Kier alpha value is -3.87. The Morgan fingerprint density at radius 3 is 2.21 bits per heavy atom. The Morgan fingerprint density at radius 1 is 0.846 bits per heavy atom. The summed E-state index contributed by atoms with van der Waals surface area (Å²) in [5.74, 6) is 0.636. The van der Waals surface area contributed by atoms with Crippen LogP contribution in [0.2, 0.25) is 0 Å². The van der Waals surface area contributed by atoms with Gasteiger partial charge in [-0.05, 0) is 100 Å². The van der Waals surface area contributed by atoms with Gasteiger partial charge >= 0.3 is 6.09 Å². The van der Waals surface area contributed by atoms with Crippen molar-refractivity contribution in [3.8, 4) is 5.75 Å². The van der Waals surface area contributed by atoms with Crippen molar-refractivity contribution in [2.24, 2.45) is 0 Å². The van der Waals surface area contributed by atoms with Gasteiger partial charge in [0.15, 0.2) is 5.78 Å². The maximum atomic E-state index is 12.6.